The van der Waals surface area contributed by atoms with E-state index in [1.165, 1.54) is 0 Å². The van der Waals surface area contributed by atoms with Crippen molar-refractivity contribution >= 4 is 11.9 Å². The average molecular weight is 258 g/mol. The summed E-state index contributed by atoms with van der Waals surface area (Å²) in [5.74, 6) is -1.17. The van der Waals surface area contributed by atoms with Gasteiger partial charge in [-0.2, -0.15) is 0 Å². The van der Waals surface area contributed by atoms with Crippen molar-refractivity contribution in [2.75, 3.05) is 33.4 Å². The Morgan fingerprint density at radius 3 is 2.83 bits per heavy atom. The molecule has 0 aromatic rings. The minimum atomic E-state index is -0.961. The lowest BCUT2D eigenvalue weighted by Crippen LogP contribution is -2.47. The third-order valence-corrected chi connectivity index (χ3v) is 3.07. The number of nitrogens with zero attached hydrogens (tertiary/aromatic N) is 1. The quantitative estimate of drug-likeness (QED) is 0.722. The van der Waals surface area contributed by atoms with E-state index in [4.69, 9.17) is 9.84 Å². The van der Waals surface area contributed by atoms with Gasteiger partial charge in [-0.15, -0.1) is 0 Å². The van der Waals surface area contributed by atoms with Gasteiger partial charge in [0.1, 0.15) is 0 Å². The first-order valence-electron chi connectivity index (χ1n) is 6.08. The van der Waals surface area contributed by atoms with E-state index in [1.807, 2.05) is 4.90 Å². The maximum Gasteiger partial charge on any atom is 0.305 e. The van der Waals surface area contributed by atoms with Crippen LogP contribution in [-0.2, 0) is 14.3 Å². The molecule has 6 heteroatoms. The van der Waals surface area contributed by atoms with Gasteiger partial charge in [-0.25, -0.2) is 0 Å². The van der Waals surface area contributed by atoms with Gasteiger partial charge in [-0.3, -0.25) is 14.5 Å². The number of carboxylic acid groups (broad SMARTS) is 1. The highest BCUT2D eigenvalue weighted by atomic mass is 16.5. The summed E-state index contributed by atoms with van der Waals surface area (Å²) in [4.78, 5) is 24.7. The van der Waals surface area contributed by atoms with Crippen LogP contribution in [0, 0.1) is 5.41 Å². The topological polar surface area (TPSA) is 78.9 Å². The van der Waals surface area contributed by atoms with E-state index in [9.17, 15) is 9.59 Å². The number of hydrogen-bond donors (Lipinski definition) is 2. The van der Waals surface area contributed by atoms with Crippen LogP contribution in [0.5, 0.6) is 0 Å². The Morgan fingerprint density at radius 1 is 1.61 bits per heavy atom. The molecule has 104 valence electrons. The van der Waals surface area contributed by atoms with Gasteiger partial charge in [0.15, 0.2) is 0 Å². The standard InChI is InChI=1S/C12H22N2O4/c1-12(2)7-13-11(17)9(6-10(15)16)14(8-12)4-5-18-3/h9H,4-8H2,1-3H3,(H,13,17)(H,15,16). The Balaban J connectivity index is 2.84. The van der Waals surface area contributed by atoms with E-state index in [0.29, 0.717) is 26.2 Å². The summed E-state index contributed by atoms with van der Waals surface area (Å²) in [6.07, 6.45) is -0.175. The number of carbonyl (C=O) groups excluding carboxylic acids is 1. The normalized spacial score (nSPS) is 24.4. The molecule has 0 radical (unpaired) electrons. The van der Waals surface area contributed by atoms with Gasteiger partial charge in [0, 0.05) is 26.7 Å². The molecule has 0 aromatic carbocycles. The highest BCUT2D eigenvalue weighted by Crippen LogP contribution is 2.21. The number of carboxylic acids is 1. The molecule has 18 heavy (non-hydrogen) atoms. The van der Waals surface area contributed by atoms with Gasteiger partial charge in [-0.05, 0) is 5.41 Å². The molecule has 1 atom stereocenters. The third-order valence-electron chi connectivity index (χ3n) is 3.07. The zero-order valence-corrected chi connectivity index (χ0v) is 11.2. The Hall–Kier alpha value is -1.14. The zero-order valence-electron chi connectivity index (χ0n) is 11.2. The van der Waals surface area contributed by atoms with Crippen LogP contribution in [0.4, 0.5) is 0 Å². The van der Waals surface area contributed by atoms with Crippen LogP contribution < -0.4 is 5.32 Å². The molecule has 1 rings (SSSR count). The molecule has 2 N–H and O–H groups in total. The van der Waals surface area contributed by atoms with Gasteiger partial charge in [-0.1, -0.05) is 13.8 Å². The largest absolute Gasteiger partial charge is 0.481 e. The van der Waals surface area contributed by atoms with Gasteiger partial charge in [0.2, 0.25) is 5.91 Å². The summed E-state index contributed by atoms with van der Waals surface area (Å²) in [6.45, 7) is 6.38. The number of aliphatic carboxylic acids is 1. The highest BCUT2D eigenvalue weighted by molar-refractivity contribution is 5.86. The Labute approximate surface area is 107 Å². The predicted molar refractivity (Wildman–Crippen MR) is 66.3 cm³/mol. The van der Waals surface area contributed by atoms with Gasteiger partial charge in [0.25, 0.3) is 0 Å². The summed E-state index contributed by atoms with van der Waals surface area (Å²) < 4.78 is 5.02. The number of hydrogen-bond acceptors (Lipinski definition) is 4. The number of methoxy groups -OCH3 is 1. The minimum Gasteiger partial charge on any atom is -0.481 e. The molecule has 1 aliphatic rings. The number of carbonyl (C=O) groups is 2. The first kappa shape index (κ1) is 14.9. The van der Waals surface area contributed by atoms with Gasteiger partial charge >= 0.3 is 5.97 Å². The van der Waals surface area contributed by atoms with E-state index >= 15 is 0 Å². The molecule has 0 spiro atoms. The molecule has 0 aliphatic carbocycles. The summed E-state index contributed by atoms with van der Waals surface area (Å²) in [5.41, 5.74) is -0.0728. The number of rotatable bonds is 5. The minimum absolute atomic E-state index is 0.0728. The molecule has 0 bridgehead atoms. The lowest BCUT2D eigenvalue weighted by atomic mass is 9.93. The van der Waals surface area contributed by atoms with Crippen LogP contribution in [-0.4, -0.2) is 61.3 Å². The van der Waals surface area contributed by atoms with Gasteiger partial charge in [0.05, 0.1) is 19.1 Å². The van der Waals surface area contributed by atoms with Crippen molar-refractivity contribution in [2.24, 2.45) is 5.41 Å². The van der Waals surface area contributed by atoms with E-state index in [0.717, 1.165) is 0 Å². The molecule has 0 saturated carbocycles. The van der Waals surface area contributed by atoms with E-state index < -0.39 is 12.0 Å². The lowest BCUT2D eigenvalue weighted by molar-refractivity contribution is -0.141. The number of ether oxygens (including phenoxy) is 1. The molecular formula is C12H22N2O4. The molecule has 1 amide bonds. The Kier molecular flexibility index (Phi) is 5.10. The fourth-order valence-corrected chi connectivity index (χ4v) is 2.16. The van der Waals surface area contributed by atoms with E-state index in [1.54, 1.807) is 7.11 Å². The second-order valence-corrected chi connectivity index (χ2v) is 5.46. The van der Waals surface area contributed by atoms with Crippen LogP contribution in [0.2, 0.25) is 0 Å². The molecule has 1 heterocycles. The van der Waals surface area contributed by atoms with Crippen molar-refractivity contribution in [3.8, 4) is 0 Å². The maximum atomic E-state index is 12.0. The second-order valence-electron chi connectivity index (χ2n) is 5.46. The summed E-state index contributed by atoms with van der Waals surface area (Å²) in [7, 11) is 1.59. The molecule has 1 unspecified atom stereocenters. The van der Waals surface area contributed by atoms with Crippen LogP contribution >= 0.6 is 0 Å². The molecule has 6 nitrogen and oxygen atoms in total. The number of amides is 1. The highest BCUT2D eigenvalue weighted by Gasteiger charge is 2.36. The molecule has 1 aliphatic heterocycles. The fraction of sp³-hybridized carbons (Fsp3) is 0.833. The average Bonchev–Trinajstić information content (AvgIpc) is 2.37. The third kappa shape index (κ3) is 4.27. The van der Waals surface area contributed by atoms with Crippen LogP contribution in [0.3, 0.4) is 0 Å². The maximum absolute atomic E-state index is 12.0. The smallest absolute Gasteiger partial charge is 0.305 e. The zero-order chi connectivity index (χ0) is 13.8. The van der Waals surface area contributed by atoms with Crippen molar-refractivity contribution in [1.29, 1.82) is 0 Å². The molecular weight excluding hydrogens is 236 g/mol. The molecule has 1 fully saturated rings. The van der Waals surface area contributed by atoms with Crippen molar-refractivity contribution in [3.05, 3.63) is 0 Å². The lowest BCUT2D eigenvalue weighted by Gasteiger charge is -2.31. The SMILES string of the molecule is COCCN1CC(C)(C)CNC(=O)C1CC(=O)O. The molecule has 0 aromatic heterocycles. The van der Waals surface area contributed by atoms with Crippen molar-refractivity contribution < 1.29 is 19.4 Å². The second kappa shape index (κ2) is 6.15. The summed E-state index contributed by atoms with van der Waals surface area (Å²) in [5, 5.41) is 11.7. The van der Waals surface area contributed by atoms with Crippen molar-refractivity contribution in [2.45, 2.75) is 26.3 Å². The van der Waals surface area contributed by atoms with Crippen molar-refractivity contribution in [3.63, 3.8) is 0 Å². The van der Waals surface area contributed by atoms with E-state index in [2.05, 4.69) is 19.2 Å². The summed E-state index contributed by atoms with van der Waals surface area (Å²) in [6, 6.07) is -0.612. The Morgan fingerprint density at radius 2 is 2.28 bits per heavy atom. The molecule has 1 saturated heterocycles. The van der Waals surface area contributed by atoms with Crippen LogP contribution in [0.1, 0.15) is 20.3 Å². The Bertz CT molecular complexity index is 317. The van der Waals surface area contributed by atoms with E-state index in [-0.39, 0.29) is 17.7 Å². The van der Waals surface area contributed by atoms with Gasteiger partial charge < -0.3 is 15.2 Å². The predicted octanol–water partition coefficient (Wildman–Crippen LogP) is -0.0659. The van der Waals surface area contributed by atoms with Crippen LogP contribution in [0.25, 0.3) is 0 Å². The first-order chi connectivity index (χ1) is 8.35. The summed E-state index contributed by atoms with van der Waals surface area (Å²) >= 11 is 0. The number of nitrogens with one attached hydrogen (secondary N) is 1. The fourth-order valence-electron chi connectivity index (χ4n) is 2.16. The van der Waals surface area contributed by atoms with Crippen molar-refractivity contribution in [1.82, 2.24) is 10.2 Å². The first-order valence-corrected chi connectivity index (χ1v) is 6.08. The monoisotopic (exact) mass is 258 g/mol. The van der Waals surface area contributed by atoms with Crippen LogP contribution in [0.15, 0.2) is 0 Å².